The fourth-order valence-corrected chi connectivity index (χ4v) is 5.82. The van der Waals surface area contributed by atoms with E-state index >= 15 is 0 Å². The molecule has 4 aromatic carbocycles. The highest BCUT2D eigenvalue weighted by Crippen LogP contribution is 2.30. The number of rotatable bonds is 11. The number of hydrogen-bond donors (Lipinski definition) is 2. The first kappa shape index (κ1) is 32.8. The van der Waals surface area contributed by atoms with E-state index in [0.29, 0.717) is 33.3 Å². The van der Waals surface area contributed by atoms with Crippen LogP contribution in [-0.2, 0) is 21.4 Å². The first-order valence-electron chi connectivity index (χ1n) is 14.7. The number of aryl methyl sites for hydroxylation is 1. The van der Waals surface area contributed by atoms with Gasteiger partial charge in [0, 0.05) is 17.5 Å². The highest BCUT2D eigenvalue weighted by atomic mass is 32.2. The lowest BCUT2D eigenvalue weighted by Gasteiger charge is -2.20. The van der Waals surface area contributed by atoms with E-state index in [1.807, 2.05) is 43.3 Å². The summed E-state index contributed by atoms with van der Waals surface area (Å²) in [5.41, 5.74) is 3.11. The molecule has 0 bridgehead atoms. The maximum absolute atomic E-state index is 13.6. The number of esters is 1. The van der Waals surface area contributed by atoms with Crippen molar-refractivity contribution in [2.75, 3.05) is 23.5 Å². The number of carbonyl (C=O) groups is 3. The van der Waals surface area contributed by atoms with Crippen molar-refractivity contribution < 1.29 is 23.9 Å². The monoisotopic (exact) mass is 650 g/mol. The Labute approximate surface area is 276 Å². The zero-order valence-corrected chi connectivity index (χ0v) is 27.2. The highest BCUT2D eigenvalue weighted by molar-refractivity contribution is 8.00. The summed E-state index contributed by atoms with van der Waals surface area (Å²) >= 11 is 1.12. The average Bonchev–Trinajstić information content (AvgIpc) is 3.29. The first-order valence-corrected chi connectivity index (χ1v) is 15.7. The normalized spacial score (nSPS) is 11.4. The molecule has 1 heterocycles. The molecule has 0 fully saturated rings. The SMILES string of the molecule is COc1ccc(C)cc1NC(=O)C(OC(=O)c1ccccc1SCC(=O)Nc1c(C)n(C)n(-c2ccccc2)c1=O)c1ccccc1. The molecule has 0 spiro atoms. The smallest absolute Gasteiger partial charge is 0.340 e. The minimum atomic E-state index is -1.27. The van der Waals surface area contributed by atoms with Crippen LogP contribution in [0.2, 0.25) is 0 Å². The van der Waals surface area contributed by atoms with Crippen LogP contribution in [0.15, 0.2) is 113 Å². The number of benzene rings is 4. The van der Waals surface area contributed by atoms with Crippen LogP contribution in [0.1, 0.15) is 33.3 Å². The van der Waals surface area contributed by atoms with Crippen LogP contribution in [0.3, 0.4) is 0 Å². The van der Waals surface area contributed by atoms with Gasteiger partial charge in [0.1, 0.15) is 11.4 Å². The molecule has 0 aliphatic rings. The summed E-state index contributed by atoms with van der Waals surface area (Å²) in [6, 6.07) is 29.9. The Kier molecular flexibility index (Phi) is 10.3. The van der Waals surface area contributed by atoms with Crippen molar-refractivity contribution >= 4 is 40.9 Å². The number of hydrogen-bond acceptors (Lipinski definition) is 7. The lowest BCUT2D eigenvalue weighted by atomic mass is 10.1. The lowest BCUT2D eigenvalue weighted by molar-refractivity contribution is -0.125. The molecule has 0 aliphatic heterocycles. The molecule has 47 heavy (non-hydrogen) atoms. The van der Waals surface area contributed by atoms with Gasteiger partial charge in [0.25, 0.3) is 11.5 Å². The summed E-state index contributed by atoms with van der Waals surface area (Å²) in [7, 11) is 3.25. The number of nitrogens with one attached hydrogen (secondary N) is 2. The number of ether oxygens (including phenoxy) is 2. The summed E-state index contributed by atoms with van der Waals surface area (Å²) in [5, 5.41) is 5.57. The van der Waals surface area contributed by atoms with Crippen molar-refractivity contribution in [2.24, 2.45) is 7.05 Å². The number of nitrogens with zero attached hydrogens (tertiary/aromatic N) is 2. The fraction of sp³-hybridized carbons (Fsp3) is 0.167. The largest absolute Gasteiger partial charge is 0.495 e. The van der Waals surface area contributed by atoms with Crippen molar-refractivity contribution in [3.8, 4) is 11.4 Å². The molecule has 0 saturated heterocycles. The summed E-state index contributed by atoms with van der Waals surface area (Å²) < 4.78 is 14.4. The third-order valence-electron chi connectivity index (χ3n) is 7.46. The van der Waals surface area contributed by atoms with Crippen molar-refractivity contribution in [1.82, 2.24) is 9.36 Å². The summed E-state index contributed by atoms with van der Waals surface area (Å²) in [6.45, 7) is 3.64. The predicted molar refractivity (Wildman–Crippen MR) is 183 cm³/mol. The molecule has 1 atom stereocenters. The molecule has 0 radical (unpaired) electrons. The van der Waals surface area contributed by atoms with Gasteiger partial charge in [-0.1, -0.05) is 66.7 Å². The van der Waals surface area contributed by atoms with Gasteiger partial charge in [0.15, 0.2) is 0 Å². The van der Waals surface area contributed by atoms with Gasteiger partial charge in [-0.2, -0.15) is 0 Å². The third-order valence-corrected chi connectivity index (χ3v) is 8.54. The van der Waals surface area contributed by atoms with Gasteiger partial charge < -0.3 is 20.1 Å². The van der Waals surface area contributed by atoms with E-state index in [-0.39, 0.29) is 22.6 Å². The Morgan fingerprint density at radius 3 is 2.21 bits per heavy atom. The van der Waals surface area contributed by atoms with Crippen LogP contribution >= 0.6 is 11.8 Å². The second kappa shape index (κ2) is 14.7. The number of anilines is 2. The Balaban J connectivity index is 1.32. The molecule has 0 saturated carbocycles. The van der Waals surface area contributed by atoms with E-state index in [2.05, 4.69) is 10.6 Å². The molecule has 11 heteroatoms. The molecule has 10 nitrogen and oxygen atoms in total. The van der Waals surface area contributed by atoms with Gasteiger partial charge in [0.05, 0.1) is 35.5 Å². The molecule has 0 aliphatic carbocycles. The van der Waals surface area contributed by atoms with E-state index < -0.39 is 23.9 Å². The van der Waals surface area contributed by atoms with Crippen LogP contribution in [0.5, 0.6) is 5.75 Å². The van der Waals surface area contributed by atoms with Crippen molar-refractivity contribution in [2.45, 2.75) is 24.8 Å². The predicted octanol–water partition coefficient (Wildman–Crippen LogP) is 6.07. The van der Waals surface area contributed by atoms with Crippen LogP contribution in [-0.4, -0.2) is 40.0 Å². The summed E-state index contributed by atoms with van der Waals surface area (Å²) in [5.74, 6) is -1.33. The van der Waals surface area contributed by atoms with Gasteiger partial charge in [-0.25, -0.2) is 9.48 Å². The number of methoxy groups -OCH3 is 1. The fourth-order valence-electron chi connectivity index (χ4n) is 4.98. The van der Waals surface area contributed by atoms with Crippen molar-refractivity contribution in [3.63, 3.8) is 0 Å². The molecule has 1 unspecified atom stereocenters. The van der Waals surface area contributed by atoms with Gasteiger partial charge in [-0.3, -0.25) is 19.1 Å². The molecule has 2 amide bonds. The van der Waals surface area contributed by atoms with Crippen LogP contribution in [0.4, 0.5) is 11.4 Å². The van der Waals surface area contributed by atoms with Crippen molar-refractivity contribution in [1.29, 1.82) is 0 Å². The van der Waals surface area contributed by atoms with Crippen LogP contribution in [0, 0.1) is 13.8 Å². The molecule has 5 aromatic rings. The maximum atomic E-state index is 13.6. The van der Waals surface area contributed by atoms with Crippen molar-refractivity contribution in [3.05, 3.63) is 136 Å². The first-order chi connectivity index (χ1) is 22.7. The van der Waals surface area contributed by atoms with Gasteiger partial charge >= 0.3 is 5.97 Å². The molecule has 2 N–H and O–H groups in total. The number of thioether (sulfide) groups is 1. The average molecular weight is 651 g/mol. The highest BCUT2D eigenvalue weighted by Gasteiger charge is 2.28. The van der Waals surface area contributed by atoms with Crippen LogP contribution < -0.4 is 20.9 Å². The van der Waals surface area contributed by atoms with Crippen LogP contribution in [0.25, 0.3) is 5.69 Å². The Morgan fingerprint density at radius 2 is 1.51 bits per heavy atom. The quantitative estimate of drug-likeness (QED) is 0.132. The van der Waals surface area contributed by atoms with E-state index in [1.54, 1.807) is 85.4 Å². The molecular weight excluding hydrogens is 616 g/mol. The minimum Gasteiger partial charge on any atom is -0.495 e. The Hall–Kier alpha value is -5.55. The number of carbonyl (C=O) groups excluding carboxylic acids is 3. The summed E-state index contributed by atoms with van der Waals surface area (Å²) in [4.78, 5) is 53.9. The van der Waals surface area contributed by atoms with Gasteiger partial charge in [-0.05, 0) is 55.8 Å². The molecule has 5 rings (SSSR count). The zero-order chi connectivity index (χ0) is 33.5. The maximum Gasteiger partial charge on any atom is 0.340 e. The Bertz CT molecular complexity index is 1970. The summed E-state index contributed by atoms with van der Waals surface area (Å²) in [6.07, 6.45) is -1.27. The van der Waals surface area contributed by atoms with E-state index in [1.165, 1.54) is 11.8 Å². The standard InChI is InChI=1S/C36H34N4O6S/c1-23-19-20-29(45-4)28(21-23)37-34(42)33(25-13-7-5-8-14-25)46-36(44)27-17-11-12-18-30(27)47-22-31(41)38-32-24(2)39(3)40(35(32)43)26-15-9-6-10-16-26/h5-21,33H,22H2,1-4H3,(H,37,42)(H,38,41). The van der Waals surface area contributed by atoms with Gasteiger partial charge in [-0.15, -0.1) is 11.8 Å². The number of aromatic nitrogens is 2. The number of amides is 2. The second-order valence-electron chi connectivity index (χ2n) is 10.7. The van der Waals surface area contributed by atoms with E-state index in [4.69, 9.17) is 9.47 Å². The van der Waals surface area contributed by atoms with E-state index in [0.717, 1.165) is 17.3 Å². The van der Waals surface area contributed by atoms with E-state index in [9.17, 15) is 19.2 Å². The third kappa shape index (κ3) is 7.47. The minimum absolute atomic E-state index is 0.0842. The Morgan fingerprint density at radius 1 is 0.851 bits per heavy atom. The number of para-hydroxylation sites is 1. The zero-order valence-electron chi connectivity index (χ0n) is 26.4. The second-order valence-corrected chi connectivity index (χ2v) is 11.7. The lowest BCUT2D eigenvalue weighted by Crippen LogP contribution is -2.26. The topological polar surface area (TPSA) is 121 Å². The molecule has 240 valence electrons. The molecule has 1 aromatic heterocycles. The molecular formula is C36H34N4O6S. The van der Waals surface area contributed by atoms with Gasteiger partial charge in [0.2, 0.25) is 12.0 Å².